The highest BCUT2D eigenvalue weighted by Gasteiger charge is 2.13. The van der Waals surface area contributed by atoms with Gasteiger partial charge in [-0.15, -0.1) is 11.6 Å². The Labute approximate surface area is 119 Å². The molecule has 0 amide bonds. The molecule has 2 aromatic heterocycles. The largest absolute Gasteiger partial charge is 0.268 e. The van der Waals surface area contributed by atoms with Gasteiger partial charge in [0.1, 0.15) is 0 Å². The van der Waals surface area contributed by atoms with Crippen molar-refractivity contribution in [1.29, 1.82) is 0 Å². The van der Waals surface area contributed by atoms with Crippen molar-refractivity contribution < 1.29 is 0 Å². The predicted octanol–water partition coefficient (Wildman–Crippen LogP) is 3.07. The van der Waals surface area contributed by atoms with E-state index in [1.165, 1.54) is 5.69 Å². The van der Waals surface area contributed by atoms with Crippen LogP contribution in [-0.4, -0.2) is 19.6 Å². The van der Waals surface area contributed by atoms with Gasteiger partial charge in [-0.05, 0) is 33.3 Å². The number of halogens is 1. The third kappa shape index (κ3) is 2.68. The monoisotopic (exact) mass is 280 g/mol. The fourth-order valence-electron chi connectivity index (χ4n) is 2.32. The van der Waals surface area contributed by atoms with Crippen LogP contribution in [0.1, 0.15) is 42.2 Å². The zero-order chi connectivity index (χ0) is 14.0. The Kier molecular flexibility index (Phi) is 4.30. The van der Waals surface area contributed by atoms with Crippen molar-refractivity contribution in [3.63, 3.8) is 0 Å². The minimum atomic E-state index is 0.519. The molecule has 19 heavy (non-hydrogen) atoms. The average Bonchev–Trinajstić information content (AvgIpc) is 2.91. The molecular weight excluding hydrogens is 260 g/mol. The molecule has 2 rings (SSSR count). The Morgan fingerprint density at radius 1 is 1.16 bits per heavy atom. The van der Waals surface area contributed by atoms with Crippen LogP contribution in [0.3, 0.4) is 0 Å². The summed E-state index contributed by atoms with van der Waals surface area (Å²) in [6, 6.07) is 2.17. The molecule has 0 aromatic carbocycles. The predicted molar refractivity (Wildman–Crippen MR) is 77.6 cm³/mol. The van der Waals surface area contributed by atoms with Gasteiger partial charge in [-0.3, -0.25) is 9.36 Å². The van der Waals surface area contributed by atoms with Crippen LogP contribution >= 0.6 is 11.6 Å². The van der Waals surface area contributed by atoms with E-state index in [2.05, 4.69) is 41.7 Å². The van der Waals surface area contributed by atoms with Crippen molar-refractivity contribution in [3.05, 3.63) is 34.4 Å². The first-order valence-electron chi connectivity index (χ1n) is 6.75. The lowest BCUT2D eigenvalue weighted by molar-refractivity contribution is 0.565. The SMILES string of the molecule is CCc1cc(Cn2nc(C)c(CCl)c2C)n(CC)n1. The number of hydrogen-bond acceptors (Lipinski definition) is 2. The van der Waals surface area contributed by atoms with Crippen molar-refractivity contribution in [2.24, 2.45) is 0 Å². The second kappa shape index (κ2) is 5.78. The van der Waals surface area contributed by atoms with E-state index in [4.69, 9.17) is 11.6 Å². The van der Waals surface area contributed by atoms with Gasteiger partial charge >= 0.3 is 0 Å². The van der Waals surface area contributed by atoms with Gasteiger partial charge in [0.25, 0.3) is 0 Å². The highest BCUT2D eigenvalue weighted by Crippen LogP contribution is 2.17. The molecular formula is C14H21ClN4. The molecule has 104 valence electrons. The standard InChI is InChI=1S/C14H21ClN4/c1-5-12-7-13(18(6-2)17-12)9-19-11(4)14(8-15)10(3)16-19/h7H,5-6,8-9H2,1-4H3. The van der Waals surface area contributed by atoms with Crippen LogP contribution in [0.25, 0.3) is 0 Å². The summed E-state index contributed by atoms with van der Waals surface area (Å²) in [7, 11) is 0. The maximum absolute atomic E-state index is 5.97. The third-order valence-corrected chi connectivity index (χ3v) is 3.82. The van der Waals surface area contributed by atoms with E-state index >= 15 is 0 Å². The van der Waals surface area contributed by atoms with E-state index in [9.17, 15) is 0 Å². The first-order chi connectivity index (χ1) is 9.10. The Hall–Kier alpha value is -1.29. The molecule has 0 saturated carbocycles. The maximum Gasteiger partial charge on any atom is 0.0831 e. The van der Waals surface area contributed by atoms with E-state index < -0.39 is 0 Å². The van der Waals surface area contributed by atoms with Gasteiger partial charge in [0.2, 0.25) is 0 Å². The highest BCUT2D eigenvalue weighted by molar-refractivity contribution is 6.17. The molecule has 2 heterocycles. The first-order valence-corrected chi connectivity index (χ1v) is 7.28. The molecule has 0 N–H and O–H groups in total. The Balaban J connectivity index is 2.33. The van der Waals surface area contributed by atoms with Crippen LogP contribution in [0.15, 0.2) is 6.07 Å². The number of alkyl halides is 1. The normalized spacial score (nSPS) is 11.2. The summed E-state index contributed by atoms with van der Waals surface area (Å²) in [6.45, 7) is 9.96. The molecule has 5 heteroatoms. The highest BCUT2D eigenvalue weighted by atomic mass is 35.5. The molecule has 0 aliphatic heterocycles. The number of rotatable bonds is 5. The molecule has 2 aromatic rings. The topological polar surface area (TPSA) is 35.6 Å². The smallest absolute Gasteiger partial charge is 0.0831 e. The summed E-state index contributed by atoms with van der Waals surface area (Å²) >= 11 is 5.97. The van der Waals surface area contributed by atoms with Crippen molar-refractivity contribution in [2.75, 3.05) is 0 Å². The number of aryl methyl sites for hydroxylation is 3. The lowest BCUT2D eigenvalue weighted by atomic mass is 10.2. The second-order valence-electron chi connectivity index (χ2n) is 4.74. The molecule has 0 fully saturated rings. The van der Waals surface area contributed by atoms with Crippen LogP contribution in [0.4, 0.5) is 0 Å². The average molecular weight is 281 g/mol. The van der Waals surface area contributed by atoms with Gasteiger partial charge < -0.3 is 0 Å². The Bertz CT molecular complexity index is 568. The van der Waals surface area contributed by atoms with Gasteiger partial charge in [-0.1, -0.05) is 6.92 Å². The maximum atomic E-state index is 5.97. The van der Waals surface area contributed by atoms with Gasteiger partial charge in [-0.25, -0.2) is 0 Å². The zero-order valence-corrected chi connectivity index (χ0v) is 12.8. The summed E-state index contributed by atoms with van der Waals surface area (Å²) < 4.78 is 4.07. The third-order valence-electron chi connectivity index (χ3n) is 3.55. The van der Waals surface area contributed by atoms with Gasteiger partial charge in [-0.2, -0.15) is 10.2 Å². The number of aromatic nitrogens is 4. The van der Waals surface area contributed by atoms with E-state index in [0.717, 1.165) is 42.2 Å². The summed E-state index contributed by atoms with van der Waals surface area (Å²) in [5.41, 5.74) is 5.64. The Morgan fingerprint density at radius 3 is 2.42 bits per heavy atom. The van der Waals surface area contributed by atoms with E-state index in [0.29, 0.717) is 5.88 Å². The van der Waals surface area contributed by atoms with Crippen molar-refractivity contribution in [2.45, 2.75) is 53.1 Å². The summed E-state index contributed by atoms with van der Waals surface area (Å²) in [6.07, 6.45) is 0.962. The van der Waals surface area contributed by atoms with Crippen LogP contribution < -0.4 is 0 Å². The molecule has 0 aliphatic carbocycles. The fraction of sp³-hybridized carbons (Fsp3) is 0.571. The van der Waals surface area contributed by atoms with Crippen LogP contribution in [0.2, 0.25) is 0 Å². The number of nitrogens with zero attached hydrogens (tertiary/aromatic N) is 4. The van der Waals surface area contributed by atoms with Crippen LogP contribution in [-0.2, 0) is 25.4 Å². The molecule has 4 nitrogen and oxygen atoms in total. The number of hydrogen-bond donors (Lipinski definition) is 0. The minimum absolute atomic E-state index is 0.519. The van der Waals surface area contributed by atoms with Gasteiger partial charge in [0.15, 0.2) is 0 Å². The van der Waals surface area contributed by atoms with E-state index in [1.807, 2.05) is 11.6 Å². The summed E-state index contributed by atoms with van der Waals surface area (Å²) in [5, 5.41) is 9.15. The van der Waals surface area contributed by atoms with Crippen LogP contribution in [0.5, 0.6) is 0 Å². The quantitative estimate of drug-likeness (QED) is 0.789. The van der Waals surface area contributed by atoms with E-state index in [-0.39, 0.29) is 0 Å². The first kappa shape index (κ1) is 14.1. The molecule has 0 bridgehead atoms. The molecule has 0 unspecified atom stereocenters. The zero-order valence-electron chi connectivity index (χ0n) is 12.1. The van der Waals surface area contributed by atoms with E-state index in [1.54, 1.807) is 0 Å². The molecule has 0 spiro atoms. The minimum Gasteiger partial charge on any atom is -0.268 e. The van der Waals surface area contributed by atoms with Crippen molar-refractivity contribution >= 4 is 11.6 Å². The van der Waals surface area contributed by atoms with Gasteiger partial charge in [0.05, 0.1) is 29.5 Å². The molecule has 0 radical (unpaired) electrons. The summed E-state index contributed by atoms with van der Waals surface area (Å²) in [4.78, 5) is 0. The molecule has 0 saturated heterocycles. The van der Waals surface area contributed by atoms with Gasteiger partial charge in [0, 0.05) is 17.8 Å². The van der Waals surface area contributed by atoms with Crippen molar-refractivity contribution in [1.82, 2.24) is 19.6 Å². The second-order valence-corrected chi connectivity index (χ2v) is 5.00. The molecule has 0 aliphatic rings. The summed E-state index contributed by atoms with van der Waals surface area (Å²) in [5.74, 6) is 0.519. The molecule has 0 atom stereocenters. The van der Waals surface area contributed by atoms with Crippen LogP contribution in [0, 0.1) is 13.8 Å². The fourth-order valence-corrected chi connectivity index (χ4v) is 2.71. The Morgan fingerprint density at radius 2 is 1.89 bits per heavy atom. The lowest BCUT2D eigenvalue weighted by Crippen LogP contribution is -2.10. The lowest BCUT2D eigenvalue weighted by Gasteiger charge is -2.07. The van der Waals surface area contributed by atoms with Crippen molar-refractivity contribution in [3.8, 4) is 0 Å².